The highest BCUT2D eigenvalue weighted by atomic mass is 35.5. The summed E-state index contributed by atoms with van der Waals surface area (Å²) in [6.07, 6.45) is 3.74. The molecule has 0 spiro atoms. The molecule has 1 unspecified atom stereocenters. The second-order valence-electron chi connectivity index (χ2n) is 5.05. The number of rotatable bonds is 7. The minimum Gasteiger partial charge on any atom is -0.493 e. The minimum absolute atomic E-state index is 0.0171. The van der Waals surface area contributed by atoms with Gasteiger partial charge in [-0.2, -0.15) is 5.10 Å². The molecule has 0 aliphatic heterocycles. The summed E-state index contributed by atoms with van der Waals surface area (Å²) in [5.41, 5.74) is 3.03. The van der Waals surface area contributed by atoms with Gasteiger partial charge in [-0.05, 0) is 43.2 Å². The fraction of sp³-hybridized carbons (Fsp3) is 0.294. The molecule has 6 nitrogen and oxygen atoms in total. The number of carbonyl (C=O) groups excluding carboxylic acids is 1. The van der Waals surface area contributed by atoms with Crippen LogP contribution in [-0.2, 0) is 0 Å². The Morgan fingerprint density at radius 3 is 2.92 bits per heavy atom. The topological polar surface area (TPSA) is 73.1 Å². The van der Waals surface area contributed by atoms with Crippen molar-refractivity contribution < 1.29 is 18.7 Å². The molecule has 1 amide bonds. The Balaban J connectivity index is 2.12. The zero-order chi connectivity index (χ0) is 17.5. The van der Waals surface area contributed by atoms with Crippen LogP contribution in [0.15, 0.2) is 40.0 Å². The molecular weight excluding hydrogens is 332 g/mol. The van der Waals surface area contributed by atoms with Crippen molar-refractivity contribution in [3.8, 4) is 11.5 Å². The molecule has 0 saturated heterocycles. The normalized spacial score (nSPS) is 12.2. The molecule has 2 aromatic rings. The van der Waals surface area contributed by atoms with Crippen LogP contribution in [-0.4, -0.2) is 25.3 Å². The summed E-state index contributed by atoms with van der Waals surface area (Å²) in [7, 11) is 1.54. The predicted molar refractivity (Wildman–Crippen MR) is 92.2 cm³/mol. The number of halogens is 1. The fourth-order valence-corrected chi connectivity index (χ4v) is 2.11. The molecule has 1 aromatic carbocycles. The molecule has 24 heavy (non-hydrogen) atoms. The molecule has 0 saturated carbocycles. The van der Waals surface area contributed by atoms with Crippen molar-refractivity contribution in [2.75, 3.05) is 7.11 Å². The van der Waals surface area contributed by atoms with E-state index in [0.717, 1.165) is 6.42 Å². The quantitative estimate of drug-likeness (QED) is 0.607. The Labute approximate surface area is 145 Å². The van der Waals surface area contributed by atoms with E-state index in [1.165, 1.54) is 19.6 Å². The van der Waals surface area contributed by atoms with Crippen molar-refractivity contribution in [3.05, 3.63) is 46.9 Å². The molecule has 1 aromatic heterocycles. The SMILES string of the molecule is CCC(C)Oc1c(Cl)cc(C=NNC(=O)c2ccco2)cc1OC. The lowest BCUT2D eigenvalue weighted by Crippen LogP contribution is -2.16. The largest absolute Gasteiger partial charge is 0.493 e. The first-order chi connectivity index (χ1) is 11.5. The highest BCUT2D eigenvalue weighted by Gasteiger charge is 2.14. The maximum atomic E-state index is 11.7. The number of amides is 1. The lowest BCUT2D eigenvalue weighted by atomic mass is 10.2. The average molecular weight is 351 g/mol. The van der Waals surface area contributed by atoms with Gasteiger partial charge in [0.2, 0.25) is 0 Å². The Bertz CT molecular complexity index is 714. The van der Waals surface area contributed by atoms with Crippen molar-refractivity contribution in [1.82, 2.24) is 5.43 Å². The monoisotopic (exact) mass is 350 g/mol. The van der Waals surface area contributed by atoms with Gasteiger partial charge in [0.1, 0.15) is 0 Å². The van der Waals surface area contributed by atoms with E-state index < -0.39 is 5.91 Å². The van der Waals surface area contributed by atoms with Crippen LogP contribution in [0.2, 0.25) is 5.02 Å². The van der Waals surface area contributed by atoms with Crippen LogP contribution in [0.1, 0.15) is 36.4 Å². The lowest BCUT2D eigenvalue weighted by Gasteiger charge is -2.17. The summed E-state index contributed by atoms with van der Waals surface area (Å²) in [4.78, 5) is 11.7. The van der Waals surface area contributed by atoms with Gasteiger partial charge in [-0.15, -0.1) is 0 Å². The summed E-state index contributed by atoms with van der Waals surface area (Å²) in [6.45, 7) is 3.98. The number of nitrogens with one attached hydrogen (secondary N) is 1. The third kappa shape index (κ3) is 4.52. The molecular formula is C17H19ClN2O4. The number of furan rings is 1. The standard InChI is InChI=1S/C17H19ClN2O4/c1-4-11(2)24-16-13(18)8-12(9-15(16)22-3)10-19-20-17(21)14-6-5-7-23-14/h5-11H,4H2,1-3H3,(H,20,21). The van der Waals surface area contributed by atoms with E-state index in [-0.39, 0.29) is 11.9 Å². The molecule has 0 radical (unpaired) electrons. The second-order valence-corrected chi connectivity index (χ2v) is 5.45. The van der Waals surface area contributed by atoms with E-state index in [0.29, 0.717) is 22.1 Å². The number of ether oxygens (including phenoxy) is 2. The third-order valence-corrected chi connectivity index (χ3v) is 3.55. The Kier molecular flexibility index (Phi) is 6.26. The van der Waals surface area contributed by atoms with Crippen LogP contribution in [0.5, 0.6) is 11.5 Å². The fourth-order valence-electron chi connectivity index (χ4n) is 1.84. The van der Waals surface area contributed by atoms with Gasteiger partial charge >= 0.3 is 5.91 Å². The molecule has 1 heterocycles. The van der Waals surface area contributed by atoms with Gasteiger partial charge in [-0.1, -0.05) is 18.5 Å². The summed E-state index contributed by atoms with van der Waals surface area (Å²) < 4.78 is 16.1. The average Bonchev–Trinajstić information content (AvgIpc) is 3.11. The van der Waals surface area contributed by atoms with E-state index in [4.69, 9.17) is 25.5 Å². The van der Waals surface area contributed by atoms with E-state index in [9.17, 15) is 4.79 Å². The number of benzene rings is 1. The van der Waals surface area contributed by atoms with E-state index in [1.807, 2.05) is 13.8 Å². The maximum absolute atomic E-state index is 11.7. The summed E-state index contributed by atoms with van der Waals surface area (Å²) >= 11 is 6.27. The van der Waals surface area contributed by atoms with Gasteiger partial charge in [-0.3, -0.25) is 4.79 Å². The first-order valence-electron chi connectivity index (χ1n) is 7.46. The Morgan fingerprint density at radius 2 is 2.29 bits per heavy atom. The van der Waals surface area contributed by atoms with Crippen LogP contribution in [0.4, 0.5) is 0 Å². The Hall–Kier alpha value is -2.47. The smallest absolute Gasteiger partial charge is 0.307 e. The zero-order valence-electron chi connectivity index (χ0n) is 13.7. The van der Waals surface area contributed by atoms with Gasteiger partial charge < -0.3 is 13.9 Å². The molecule has 0 fully saturated rings. The number of hydrogen-bond acceptors (Lipinski definition) is 5. The Morgan fingerprint density at radius 1 is 1.50 bits per heavy atom. The van der Waals surface area contributed by atoms with Gasteiger partial charge in [-0.25, -0.2) is 5.43 Å². The summed E-state index contributed by atoms with van der Waals surface area (Å²) in [5, 5.41) is 4.29. The molecule has 1 atom stereocenters. The maximum Gasteiger partial charge on any atom is 0.307 e. The van der Waals surface area contributed by atoms with Crippen LogP contribution in [0.3, 0.4) is 0 Å². The van der Waals surface area contributed by atoms with Crippen molar-refractivity contribution in [2.24, 2.45) is 5.10 Å². The highest BCUT2D eigenvalue weighted by Crippen LogP contribution is 2.37. The van der Waals surface area contributed by atoms with Crippen LogP contribution < -0.4 is 14.9 Å². The molecule has 128 valence electrons. The van der Waals surface area contributed by atoms with E-state index in [1.54, 1.807) is 24.3 Å². The molecule has 0 aliphatic carbocycles. The van der Waals surface area contributed by atoms with Gasteiger partial charge in [0.25, 0.3) is 0 Å². The number of hydrogen-bond donors (Lipinski definition) is 1. The molecule has 0 bridgehead atoms. The summed E-state index contributed by atoms with van der Waals surface area (Å²) in [5.74, 6) is 0.734. The highest BCUT2D eigenvalue weighted by molar-refractivity contribution is 6.32. The number of nitrogens with zero attached hydrogens (tertiary/aromatic N) is 1. The van der Waals surface area contributed by atoms with Crippen molar-refractivity contribution in [3.63, 3.8) is 0 Å². The molecule has 1 N–H and O–H groups in total. The molecule has 0 aliphatic rings. The van der Waals surface area contributed by atoms with Crippen LogP contribution in [0, 0.1) is 0 Å². The number of carbonyl (C=O) groups is 1. The minimum atomic E-state index is -0.439. The van der Waals surface area contributed by atoms with Gasteiger partial charge in [0.05, 0.1) is 30.7 Å². The molecule has 2 rings (SSSR count). The zero-order valence-corrected chi connectivity index (χ0v) is 14.5. The van der Waals surface area contributed by atoms with Crippen LogP contribution in [0.25, 0.3) is 0 Å². The number of hydrazone groups is 1. The first kappa shape index (κ1) is 17.9. The van der Waals surface area contributed by atoms with Crippen molar-refractivity contribution >= 4 is 23.7 Å². The molecule has 7 heteroatoms. The van der Waals surface area contributed by atoms with Gasteiger partial charge in [0, 0.05) is 0 Å². The van der Waals surface area contributed by atoms with Crippen molar-refractivity contribution in [2.45, 2.75) is 26.4 Å². The summed E-state index contributed by atoms with van der Waals surface area (Å²) in [6, 6.07) is 6.58. The lowest BCUT2D eigenvalue weighted by molar-refractivity contribution is 0.0927. The first-order valence-corrected chi connectivity index (χ1v) is 7.84. The van der Waals surface area contributed by atoms with Crippen LogP contribution >= 0.6 is 11.6 Å². The predicted octanol–water partition coefficient (Wildman–Crippen LogP) is 3.88. The van der Waals surface area contributed by atoms with Gasteiger partial charge in [0.15, 0.2) is 17.3 Å². The van der Waals surface area contributed by atoms with E-state index in [2.05, 4.69) is 10.5 Å². The number of methoxy groups -OCH3 is 1. The van der Waals surface area contributed by atoms with Crippen molar-refractivity contribution in [1.29, 1.82) is 0 Å². The van der Waals surface area contributed by atoms with E-state index >= 15 is 0 Å². The second kappa shape index (κ2) is 8.40. The third-order valence-electron chi connectivity index (χ3n) is 3.27.